The first-order valence-corrected chi connectivity index (χ1v) is 9.03. The van der Waals surface area contributed by atoms with Gasteiger partial charge in [0, 0.05) is 21.7 Å². The molecule has 0 radical (unpaired) electrons. The van der Waals surface area contributed by atoms with Crippen LogP contribution in [0.15, 0.2) is 29.2 Å². The van der Waals surface area contributed by atoms with E-state index in [9.17, 15) is 0 Å². The van der Waals surface area contributed by atoms with Crippen LogP contribution < -0.4 is 5.32 Å². The highest BCUT2D eigenvalue weighted by molar-refractivity contribution is 7.98. The summed E-state index contributed by atoms with van der Waals surface area (Å²) in [6, 6.07) is 8.66. The molecule has 0 spiro atoms. The predicted molar refractivity (Wildman–Crippen MR) is 94.3 cm³/mol. The molecule has 1 heterocycles. The maximum atomic E-state index is 4.90. The smallest absolute Gasteiger partial charge is 0.103 e. The summed E-state index contributed by atoms with van der Waals surface area (Å²) >= 11 is 3.71. The van der Waals surface area contributed by atoms with Gasteiger partial charge in [-0.15, -0.1) is 23.1 Å². The molecule has 0 saturated carbocycles. The van der Waals surface area contributed by atoms with Crippen molar-refractivity contribution in [3.05, 3.63) is 45.4 Å². The van der Waals surface area contributed by atoms with E-state index >= 15 is 0 Å². The fraction of sp³-hybridized carbons (Fsp3) is 0.471. The van der Waals surface area contributed by atoms with Crippen LogP contribution in [0.2, 0.25) is 0 Å². The minimum absolute atomic E-state index is 0.106. The van der Waals surface area contributed by atoms with E-state index in [1.165, 1.54) is 26.0 Å². The third kappa shape index (κ3) is 4.56. The molecule has 0 aliphatic rings. The number of aryl methyl sites for hydroxylation is 1. The minimum Gasteiger partial charge on any atom is -0.315 e. The lowest BCUT2D eigenvalue weighted by Gasteiger charge is -2.17. The minimum atomic E-state index is 0.106. The van der Waals surface area contributed by atoms with Gasteiger partial charge in [-0.25, -0.2) is 4.98 Å². The largest absolute Gasteiger partial charge is 0.315 e. The lowest BCUT2D eigenvalue weighted by Crippen LogP contribution is -2.16. The first kappa shape index (κ1) is 16.5. The first-order valence-electron chi connectivity index (χ1n) is 7.23. The van der Waals surface area contributed by atoms with Gasteiger partial charge >= 0.3 is 0 Å². The van der Waals surface area contributed by atoms with Crippen LogP contribution in [0.4, 0.5) is 0 Å². The average molecular weight is 321 g/mol. The van der Waals surface area contributed by atoms with Gasteiger partial charge in [-0.2, -0.15) is 0 Å². The van der Waals surface area contributed by atoms with E-state index in [1.807, 2.05) is 30.1 Å². The van der Waals surface area contributed by atoms with Crippen molar-refractivity contribution in [3.8, 4) is 0 Å². The lowest BCUT2D eigenvalue weighted by atomic mass is 9.91. The summed E-state index contributed by atoms with van der Waals surface area (Å²) < 4.78 is 0. The normalized spacial score (nSPS) is 11.9. The van der Waals surface area contributed by atoms with Gasteiger partial charge in [0.2, 0.25) is 0 Å². The Kier molecular flexibility index (Phi) is 5.47. The summed E-state index contributed by atoms with van der Waals surface area (Å²) in [7, 11) is 1.99. The summed E-state index contributed by atoms with van der Waals surface area (Å²) in [6.45, 7) is 9.74. The van der Waals surface area contributed by atoms with Crippen molar-refractivity contribution in [2.45, 2.75) is 50.3 Å². The Morgan fingerprint density at radius 1 is 1.29 bits per heavy atom. The second kappa shape index (κ2) is 6.95. The van der Waals surface area contributed by atoms with E-state index in [1.54, 1.807) is 0 Å². The van der Waals surface area contributed by atoms with Crippen molar-refractivity contribution in [2.75, 3.05) is 7.05 Å². The Bertz CT molecular complexity index is 597. The van der Waals surface area contributed by atoms with Crippen molar-refractivity contribution in [2.24, 2.45) is 0 Å². The molecule has 0 aliphatic heterocycles. The zero-order valence-corrected chi connectivity index (χ0v) is 15.1. The second-order valence-electron chi connectivity index (χ2n) is 6.26. The molecular formula is C17H24N2S2. The van der Waals surface area contributed by atoms with Crippen molar-refractivity contribution in [1.82, 2.24) is 10.3 Å². The van der Waals surface area contributed by atoms with E-state index in [-0.39, 0.29) is 5.41 Å². The van der Waals surface area contributed by atoms with Gasteiger partial charge in [0.05, 0.1) is 11.4 Å². The molecule has 0 aliphatic carbocycles. The van der Waals surface area contributed by atoms with Crippen LogP contribution in [0.1, 0.15) is 41.9 Å². The van der Waals surface area contributed by atoms with E-state index < -0.39 is 0 Å². The maximum Gasteiger partial charge on any atom is 0.103 e. The molecule has 114 valence electrons. The van der Waals surface area contributed by atoms with E-state index in [0.29, 0.717) is 0 Å². The van der Waals surface area contributed by atoms with Gasteiger partial charge in [0.15, 0.2) is 0 Å². The van der Waals surface area contributed by atoms with E-state index in [2.05, 4.69) is 57.3 Å². The van der Waals surface area contributed by atoms with Crippen LogP contribution in [-0.2, 0) is 17.7 Å². The summed E-state index contributed by atoms with van der Waals surface area (Å²) in [5.41, 5.74) is 2.65. The zero-order valence-electron chi connectivity index (χ0n) is 13.5. The quantitative estimate of drug-likeness (QED) is 0.804. The maximum absolute atomic E-state index is 4.90. The monoisotopic (exact) mass is 320 g/mol. The first-order chi connectivity index (χ1) is 9.90. The summed E-state index contributed by atoms with van der Waals surface area (Å²) in [5, 5.41) is 4.47. The molecule has 0 fully saturated rings. The Morgan fingerprint density at radius 3 is 2.67 bits per heavy atom. The Labute approximate surface area is 136 Å². The molecule has 0 bridgehead atoms. The topological polar surface area (TPSA) is 24.9 Å². The van der Waals surface area contributed by atoms with Crippen LogP contribution in [0.5, 0.6) is 0 Å². The fourth-order valence-electron chi connectivity index (χ4n) is 2.18. The summed E-state index contributed by atoms with van der Waals surface area (Å²) in [6.07, 6.45) is 0. The number of aromatic nitrogens is 1. The summed E-state index contributed by atoms with van der Waals surface area (Å²) in [4.78, 5) is 7.58. The molecule has 0 amide bonds. The lowest BCUT2D eigenvalue weighted by molar-refractivity contribution is 0.562. The highest BCUT2D eigenvalue weighted by Gasteiger charge is 2.22. The highest BCUT2D eigenvalue weighted by Crippen LogP contribution is 2.32. The van der Waals surface area contributed by atoms with Crippen molar-refractivity contribution in [1.29, 1.82) is 0 Å². The molecular weight excluding hydrogens is 296 g/mol. The molecule has 0 unspecified atom stereocenters. The van der Waals surface area contributed by atoms with Crippen LogP contribution in [0.3, 0.4) is 0 Å². The number of thioether (sulfide) groups is 1. The Morgan fingerprint density at radius 2 is 2.05 bits per heavy atom. The van der Waals surface area contributed by atoms with Gasteiger partial charge in [-0.05, 0) is 26.1 Å². The molecule has 1 aromatic carbocycles. The number of rotatable bonds is 5. The van der Waals surface area contributed by atoms with Crippen LogP contribution in [-0.4, -0.2) is 12.0 Å². The fourth-order valence-corrected chi connectivity index (χ4v) is 4.48. The van der Waals surface area contributed by atoms with Crippen LogP contribution >= 0.6 is 23.1 Å². The predicted octanol–water partition coefficient (Wildman–Crippen LogP) is 4.76. The summed E-state index contributed by atoms with van der Waals surface area (Å²) in [5.74, 6) is 0.945. The van der Waals surface area contributed by atoms with Gasteiger partial charge in [-0.1, -0.05) is 38.5 Å². The molecule has 4 heteroatoms. The van der Waals surface area contributed by atoms with Gasteiger partial charge < -0.3 is 5.32 Å². The molecule has 1 N–H and O–H groups in total. The molecule has 2 rings (SSSR count). The van der Waals surface area contributed by atoms with Crippen molar-refractivity contribution < 1.29 is 0 Å². The molecule has 2 nitrogen and oxygen atoms in total. The molecule has 0 atom stereocenters. The molecule has 0 saturated heterocycles. The average Bonchev–Trinajstić information content (AvgIpc) is 2.80. The van der Waals surface area contributed by atoms with Crippen molar-refractivity contribution in [3.63, 3.8) is 0 Å². The highest BCUT2D eigenvalue weighted by atomic mass is 32.2. The Hall–Kier alpha value is -0.840. The Balaban J connectivity index is 2.13. The molecule has 21 heavy (non-hydrogen) atoms. The molecule has 2 aromatic rings. The molecule has 1 aromatic heterocycles. The number of hydrogen-bond donors (Lipinski definition) is 1. The van der Waals surface area contributed by atoms with Gasteiger partial charge in [0.25, 0.3) is 0 Å². The third-order valence-electron chi connectivity index (χ3n) is 3.14. The number of nitrogens with zero attached hydrogens (tertiary/aromatic N) is 1. The van der Waals surface area contributed by atoms with E-state index in [4.69, 9.17) is 4.98 Å². The standard InChI is InChI=1S/C17H24N2S2/c1-12-7-6-8-13(9-12)20-11-15-19-16(17(2,3)4)14(21-15)10-18-5/h6-9,18H,10-11H2,1-5H3. The second-order valence-corrected chi connectivity index (χ2v) is 8.48. The van der Waals surface area contributed by atoms with Gasteiger partial charge in [-0.3, -0.25) is 0 Å². The van der Waals surface area contributed by atoms with Crippen LogP contribution in [0.25, 0.3) is 0 Å². The zero-order chi connectivity index (χ0) is 15.5. The number of benzene rings is 1. The number of thiazole rings is 1. The van der Waals surface area contributed by atoms with E-state index in [0.717, 1.165) is 12.3 Å². The van der Waals surface area contributed by atoms with Crippen LogP contribution in [0, 0.1) is 6.92 Å². The van der Waals surface area contributed by atoms with Crippen molar-refractivity contribution >= 4 is 23.1 Å². The number of hydrogen-bond acceptors (Lipinski definition) is 4. The third-order valence-corrected chi connectivity index (χ3v) is 5.38. The van der Waals surface area contributed by atoms with Gasteiger partial charge in [0.1, 0.15) is 5.01 Å². The number of nitrogens with one attached hydrogen (secondary N) is 1. The SMILES string of the molecule is CNCc1sc(CSc2cccc(C)c2)nc1C(C)(C)C.